The van der Waals surface area contributed by atoms with Crippen LogP contribution >= 0.6 is 11.3 Å². The molecule has 0 saturated heterocycles. The van der Waals surface area contributed by atoms with Crippen molar-refractivity contribution in [3.8, 4) is 5.75 Å². The number of para-hydroxylation sites is 1. The highest BCUT2D eigenvalue weighted by Crippen LogP contribution is 2.17. The Kier molecular flexibility index (Phi) is 4.35. The third-order valence-electron chi connectivity index (χ3n) is 2.58. The van der Waals surface area contributed by atoms with Crippen LogP contribution in [0.15, 0.2) is 29.6 Å². The zero-order chi connectivity index (χ0) is 13.7. The zero-order valence-electron chi connectivity index (χ0n) is 10.6. The van der Waals surface area contributed by atoms with Crippen molar-refractivity contribution in [3.05, 3.63) is 40.9 Å². The van der Waals surface area contributed by atoms with E-state index >= 15 is 0 Å². The Balaban J connectivity index is 1.89. The predicted octanol–water partition coefficient (Wildman–Crippen LogP) is 1.59. The van der Waals surface area contributed by atoms with E-state index in [4.69, 9.17) is 10.5 Å². The number of hydrogen-bond donors (Lipinski definition) is 2. The molecule has 0 fully saturated rings. The van der Waals surface area contributed by atoms with Gasteiger partial charge in [0.05, 0.1) is 19.2 Å². The van der Waals surface area contributed by atoms with Gasteiger partial charge in [0.25, 0.3) is 0 Å². The molecule has 1 heterocycles. The first kappa shape index (κ1) is 13.4. The molecule has 1 aromatic carbocycles. The second-order valence-corrected chi connectivity index (χ2v) is 4.83. The van der Waals surface area contributed by atoms with E-state index in [1.165, 1.54) is 11.3 Å². The summed E-state index contributed by atoms with van der Waals surface area (Å²) in [6.45, 7) is 0.433. The highest BCUT2D eigenvalue weighted by molar-refractivity contribution is 7.13. The standard InChI is InChI=1S/C13H15N3O2S/c1-18-11-5-3-2-4-9(11)7-15-12(17)6-10-8-19-13(14)16-10/h2-5,8H,6-7H2,1H3,(H2,14,16)(H,15,17). The molecule has 0 spiro atoms. The maximum absolute atomic E-state index is 11.8. The molecule has 3 N–H and O–H groups in total. The zero-order valence-corrected chi connectivity index (χ0v) is 11.4. The fourth-order valence-corrected chi connectivity index (χ4v) is 2.24. The van der Waals surface area contributed by atoms with Gasteiger partial charge in [0.1, 0.15) is 5.75 Å². The molecule has 0 unspecified atom stereocenters. The maximum atomic E-state index is 11.8. The lowest BCUT2D eigenvalue weighted by Crippen LogP contribution is -2.24. The summed E-state index contributed by atoms with van der Waals surface area (Å²) >= 11 is 1.33. The van der Waals surface area contributed by atoms with E-state index in [-0.39, 0.29) is 12.3 Å². The van der Waals surface area contributed by atoms with Crippen LogP contribution in [0.3, 0.4) is 0 Å². The van der Waals surface area contributed by atoms with Crippen molar-refractivity contribution in [3.63, 3.8) is 0 Å². The molecule has 100 valence electrons. The lowest BCUT2D eigenvalue weighted by molar-refractivity contribution is -0.120. The number of carbonyl (C=O) groups excluding carboxylic acids is 1. The van der Waals surface area contributed by atoms with Crippen molar-refractivity contribution in [2.24, 2.45) is 0 Å². The second kappa shape index (κ2) is 6.19. The van der Waals surface area contributed by atoms with E-state index in [0.29, 0.717) is 17.4 Å². The van der Waals surface area contributed by atoms with E-state index in [1.807, 2.05) is 24.3 Å². The van der Waals surface area contributed by atoms with Gasteiger partial charge < -0.3 is 15.8 Å². The second-order valence-electron chi connectivity index (χ2n) is 3.94. The van der Waals surface area contributed by atoms with Crippen LogP contribution in [0, 0.1) is 0 Å². The number of ether oxygens (including phenoxy) is 1. The SMILES string of the molecule is COc1ccccc1CNC(=O)Cc1csc(N)n1. The molecule has 0 radical (unpaired) electrons. The highest BCUT2D eigenvalue weighted by atomic mass is 32.1. The van der Waals surface area contributed by atoms with Crippen molar-refractivity contribution in [2.45, 2.75) is 13.0 Å². The van der Waals surface area contributed by atoms with Gasteiger partial charge in [0.15, 0.2) is 5.13 Å². The van der Waals surface area contributed by atoms with Crippen LogP contribution in [0.1, 0.15) is 11.3 Å². The molecule has 0 saturated carbocycles. The van der Waals surface area contributed by atoms with Gasteiger partial charge >= 0.3 is 0 Å². The van der Waals surface area contributed by atoms with Crippen LogP contribution in [0.4, 0.5) is 5.13 Å². The number of nitrogens with zero attached hydrogens (tertiary/aromatic N) is 1. The Labute approximate surface area is 115 Å². The molecule has 0 aliphatic carbocycles. The average Bonchev–Trinajstić information content (AvgIpc) is 2.82. The minimum Gasteiger partial charge on any atom is -0.496 e. The maximum Gasteiger partial charge on any atom is 0.226 e. The molecule has 6 heteroatoms. The van der Waals surface area contributed by atoms with Crippen LogP contribution in [-0.4, -0.2) is 18.0 Å². The summed E-state index contributed by atoms with van der Waals surface area (Å²) in [5.41, 5.74) is 7.15. The Hall–Kier alpha value is -2.08. The quantitative estimate of drug-likeness (QED) is 0.870. The van der Waals surface area contributed by atoms with Gasteiger partial charge in [0.2, 0.25) is 5.91 Å². The van der Waals surface area contributed by atoms with Crippen LogP contribution in [0.5, 0.6) is 5.75 Å². The molecule has 5 nitrogen and oxygen atoms in total. The van der Waals surface area contributed by atoms with Crippen LogP contribution in [0.25, 0.3) is 0 Å². The molecule has 19 heavy (non-hydrogen) atoms. The van der Waals surface area contributed by atoms with E-state index in [2.05, 4.69) is 10.3 Å². The number of anilines is 1. The summed E-state index contributed by atoms with van der Waals surface area (Å²) in [5.74, 6) is 0.678. The van der Waals surface area contributed by atoms with Gasteiger partial charge in [-0.15, -0.1) is 11.3 Å². The number of benzene rings is 1. The lowest BCUT2D eigenvalue weighted by atomic mass is 10.2. The summed E-state index contributed by atoms with van der Waals surface area (Å²) in [7, 11) is 1.61. The smallest absolute Gasteiger partial charge is 0.226 e. The van der Waals surface area contributed by atoms with Gasteiger partial charge in [-0.25, -0.2) is 4.98 Å². The Bertz CT molecular complexity index is 569. The molecule has 2 rings (SSSR count). The van der Waals surface area contributed by atoms with Crippen molar-refractivity contribution >= 4 is 22.4 Å². The van der Waals surface area contributed by atoms with Gasteiger partial charge in [-0.05, 0) is 6.07 Å². The van der Waals surface area contributed by atoms with Crippen molar-refractivity contribution < 1.29 is 9.53 Å². The number of thiazole rings is 1. The van der Waals surface area contributed by atoms with E-state index < -0.39 is 0 Å². The highest BCUT2D eigenvalue weighted by Gasteiger charge is 2.08. The first-order chi connectivity index (χ1) is 9.19. The summed E-state index contributed by atoms with van der Waals surface area (Å²) in [4.78, 5) is 15.8. The number of amides is 1. The van der Waals surface area contributed by atoms with Crippen molar-refractivity contribution in [1.82, 2.24) is 10.3 Å². The van der Waals surface area contributed by atoms with Crippen LogP contribution in [0.2, 0.25) is 0 Å². The number of carbonyl (C=O) groups is 1. The first-order valence-corrected chi connectivity index (χ1v) is 6.65. The summed E-state index contributed by atoms with van der Waals surface area (Å²) in [6, 6.07) is 7.58. The topological polar surface area (TPSA) is 77.2 Å². The van der Waals surface area contributed by atoms with Crippen molar-refractivity contribution in [1.29, 1.82) is 0 Å². The van der Waals surface area contributed by atoms with E-state index in [0.717, 1.165) is 11.3 Å². The summed E-state index contributed by atoms with van der Waals surface area (Å²) < 4.78 is 5.22. The van der Waals surface area contributed by atoms with Crippen molar-refractivity contribution in [2.75, 3.05) is 12.8 Å². The van der Waals surface area contributed by atoms with E-state index in [9.17, 15) is 4.79 Å². The molecule has 0 aliphatic rings. The monoisotopic (exact) mass is 277 g/mol. The Morgan fingerprint density at radius 1 is 1.47 bits per heavy atom. The largest absolute Gasteiger partial charge is 0.496 e. The van der Waals surface area contributed by atoms with Gasteiger partial charge in [-0.3, -0.25) is 4.79 Å². The number of nitrogens with two attached hydrogens (primary N) is 1. The first-order valence-electron chi connectivity index (χ1n) is 5.77. The summed E-state index contributed by atoms with van der Waals surface area (Å²) in [6.07, 6.45) is 0.239. The van der Waals surface area contributed by atoms with Gasteiger partial charge in [-0.2, -0.15) is 0 Å². The molecule has 0 aliphatic heterocycles. The van der Waals surface area contributed by atoms with Gasteiger partial charge in [0, 0.05) is 17.5 Å². The average molecular weight is 277 g/mol. The molecule has 0 atom stereocenters. The number of rotatable bonds is 5. The number of hydrogen-bond acceptors (Lipinski definition) is 5. The number of nitrogens with one attached hydrogen (secondary N) is 1. The minimum absolute atomic E-state index is 0.0868. The number of nitrogen functional groups attached to an aromatic ring is 1. The molecule has 2 aromatic rings. The predicted molar refractivity (Wildman–Crippen MR) is 75.1 cm³/mol. The third-order valence-corrected chi connectivity index (χ3v) is 3.30. The normalized spacial score (nSPS) is 10.2. The molecule has 0 bridgehead atoms. The molecule has 1 amide bonds. The molecular formula is C13H15N3O2S. The fourth-order valence-electron chi connectivity index (χ4n) is 1.67. The van der Waals surface area contributed by atoms with Gasteiger partial charge in [-0.1, -0.05) is 18.2 Å². The number of aromatic nitrogens is 1. The molecular weight excluding hydrogens is 262 g/mol. The third kappa shape index (κ3) is 3.69. The Morgan fingerprint density at radius 2 is 2.26 bits per heavy atom. The number of methoxy groups -OCH3 is 1. The van der Waals surface area contributed by atoms with Crippen LogP contribution < -0.4 is 15.8 Å². The van der Waals surface area contributed by atoms with E-state index in [1.54, 1.807) is 12.5 Å². The van der Waals surface area contributed by atoms with Crippen LogP contribution in [-0.2, 0) is 17.8 Å². The Morgan fingerprint density at radius 3 is 2.95 bits per heavy atom. The minimum atomic E-state index is -0.0868. The molecule has 1 aromatic heterocycles. The summed E-state index contributed by atoms with van der Waals surface area (Å²) in [5, 5.41) is 5.11. The fraction of sp³-hybridized carbons (Fsp3) is 0.231. The lowest BCUT2D eigenvalue weighted by Gasteiger charge is -2.08.